The van der Waals surface area contributed by atoms with Crippen LogP contribution < -0.4 is 4.90 Å². The van der Waals surface area contributed by atoms with E-state index in [1.807, 2.05) is 0 Å². The van der Waals surface area contributed by atoms with E-state index in [-0.39, 0.29) is 22.9 Å². The van der Waals surface area contributed by atoms with Gasteiger partial charge in [-0.3, -0.25) is 14.9 Å². The molecule has 0 aliphatic rings. The molecule has 0 radical (unpaired) electrons. The van der Waals surface area contributed by atoms with Gasteiger partial charge in [-0.05, 0) is 12.1 Å². The fraction of sp³-hybridized carbons (Fsp3) is 0.182. The summed E-state index contributed by atoms with van der Waals surface area (Å²) < 4.78 is 0. The molecule has 0 saturated carbocycles. The third kappa shape index (κ3) is 3.37. The maximum atomic E-state index is 10.9. The number of hydrogen-bond donors (Lipinski definition) is 1. The molecule has 7 heteroatoms. The highest BCUT2D eigenvalue weighted by atomic mass is 35.5. The van der Waals surface area contributed by atoms with Gasteiger partial charge in [-0.2, -0.15) is 0 Å². The van der Waals surface area contributed by atoms with E-state index in [0.29, 0.717) is 0 Å². The van der Waals surface area contributed by atoms with Crippen molar-refractivity contribution < 1.29 is 14.8 Å². The van der Waals surface area contributed by atoms with E-state index in [4.69, 9.17) is 23.1 Å². The van der Waals surface area contributed by atoms with Crippen LogP contribution in [0, 0.1) is 22.5 Å². The van der Waals surface area contributed by atoms with Crippen LogP contribution in [0.4, 0.5) is 11.4 Å². The molecule has 0 heterocycles. The van der Waals surface area contributed by atoms with Crippen molar-refractivity contribution in [1.82, 2.24) is 0 Å². The molecule has 1 aromatic rings. The van der Waals surface area contributed by atoms with Gasteiger partial charge in [0.15, 0.2) is 0 Å². The summed E-state index contributed by atoms with van der Waals surface area (Å²) in [5.74, 6) is 1.13. The number of rotatable bonds is 5. The van der Waals surface area contributed by atoms with E-state index in [2.05, 4.69) is 5.92 Å². The van der Waals surface area contributed by atoms with Crippen LogP contribution in [-0.4, -0.2) is 29.1 Å². The van der Waals surface area contributed by atoms with Crippen molar-refractivity contribution in [2.75, 3.05) is 18.0 Å². The molecule has 94 valence electrons. The summed E-state index contributed by atoms with van der Waals surface area (Å²) in [5, 5.41) is 19.8. The molecule has 1 N–H and O–H groups in total. The van der Waals surface area contributed by atoms with Crippen LogP contribution in [0.5, 0.6) is 0 Å². The Kier molecular flexibility index (Phi) is 4.52. The number of anilines is 1. The number of hydrogen-bond acceptors (Lipinski definition) is 4. The highest BCUT2D eigenvalue weighted by Gasteiger charge is 2.21. The summed E-state index contributed by atoms with van der Waals surface area (Å²) in [6.45, 7) is -0.471. The van der Waals surface area contributed by atoms with Crippen molar-refractivity contribution >= 4 is 28.9 Å². The average Bonchev–Trinajstić information content (AvgIpc) is 2.27. The predicted molar refractivity (Wildman–Crippen MR) is 66.8 cm³/mol. The number of benzene rings is 1. The quantitative estimate of drug-likeness (QED) is 0.500. The third-order valence-corrected chi connectivity index (χ3v) is 2.32. The summed E-state index contributed by atoms with van der Waals surface area (Å²) in [5.41, 5.74) is -0.149. The number of carbonyl (C=O) groups is 1. The van der Waals surface area contributed by atoms with Crippen LogP contribution in [-0.2, 0) is 4.79 Å². The van der Waals surface area contributed by atoms with E-state index < -0.39 is 17.4 Å². The Balaban J connectivity index is 3.22. The second-order valence-electron chi connectivity index (χ2n) is 3.34. The molecule has 0 aliphatic heterocycles. The largest absolute Gasteiger partial charge is 0.480 e. The van der Waals surface area contributed by atoms with Crippen LogP contribution in [0.1, 0.15) is 0 Å². The van der Waals surface area contributed by atoms with Crippen molar-refractivity contribution in [3.63, 3.8) is 0 Å². The molecule has 0 fully saturated rings. The van der Waals surface area contributed by atoms with Crippen LogP contribution >= 0.6 is 11.6 Å². The van der Waals surface area contributed by atoms with Gasteiger partial charge in [0.25, 0.3) is 5.69 Å². The van der Waals surface area contributed by atoms with Crippen molar-refractivity contribution in [2.24, 2.45) is 0 Å². The Morgan fingerprint density at radius 2 is 2.28 bits per heavy atom. The average molecular weight is 269 g/mol. The van der Waals surface area contributed by atoms with Crippen molar-refractivity contribution in [3.05, 3.63) is 33.3 Å². The molecule has 6 nitrogen and oxygen atoms in total. The Morgan fingerprint density at radius 1 is 1.61 bits per heavy atom. The molecule has 1 rings (SSSR count). The topological polar surface area (TPSA) is 83.7 Å². The van der Waals surface area contributed by atoms with Gasteiger partial charge >= 0.3 is 5.97 Å². The lowest BCUT2D eigenvalue weighted by molar-refractivity contribution is -0.384. The molecule has 0 aliphatic carbocycles. The number of nitro benzene ring substituents is 1. The van der Waals surface area contributed by atoms with Gasteiger partial charge in [0.2, 0.25) is 0 Å². The lowest BCUT2D eigenvalue weighted by Gasteiger charge is -2.19. The minimum atomic E-state index is -1.13. The van der Waals surface area contributed by atoms with Gasteiger partial charge in [0.1, 0.15) is 12.2 Å². The predicted octanol–water partition coefficient (Wildman–Crippen LogP) is 1.77. The first kappa shape index (κ1) is 13.8. The molecule has 0 spiro atoms. The van der Waals surface area contributed by atoms with E-state index >= 15 is 0 Å². The number of carboxylic acid groups (broad SMARTS) is 1. The second-order valence-corrected chi connectivity index (χ2v) is 3.78. The van der Waals surface area contributed by atoms with Gasteiger partial charge in [-0.25, -0.2) is 0 Å². The number of carboxylic acids is 1. The molecule has 18 heavy (non-hydrogen) atoms. The van der Waals surface area contributed by atoms with E-state index in [9.17, 15) is 14.9 Å². The lowest BCUT2D eigenvalue weighted by Crippen LogP contribution is -2.30. The summed E-state index contributed by atoms with van der Waals surface area (Å²) in [4.78, 5) is 22.2. The zero-order valence-electron chi connectivity index (χ0n) is 9.17. The number of terminal acetylenes is 1. The van der Waals surface area contributed by atoms with Crippen LogP contribution in [0.2, 0.25) is 5.02 Å². The van der Waals surface area contributed by atoms with Gasteiger partial charge < -0.3 is 10.0 Å². The standard InChI is InChI=1S/C11H9ClN2O4/c1-2-5-13(7-11(15)16)9-4-3-8(12)6-10(9)14(17)18/h1,3-4,6H,5,7H2,(H,15,16). The summed E-state index contributed by atoms with van der Waals surface area (Å²) in [6, 6.07) is 3.97. The molecular weight excluding hydrogens is 260 g/mol. The van der Waals surface area contributed by atoms with Gasteiger partial charge in [-0.1, -0.05) is 17.5 Å². The fourth-order valence-corrected chi connectivity index (χ4v) is 1.58. The molecule has 0 bridgehead atoms. The SMILES string of the molecule is C#CCN(CC(=O)O)c1ccc(Cl)cc1[N+](=O)[O-]. The molecule has 1 aromatic carbocycles. The smallest absolute Gasteiger partial charge is 0.323 e. The molecular formula is C11H9ClN2O4. The van der Waals surface area contributed by atoms with Gasteiger partial charge in [-0.15, -0.1) is 6.42 Å². The Labute approximate surface area is 108 Å². The monoisotopic (exact) mass is 268 g/mol. The van der Waals surface area contributed by atoms with Crippen LogP contribution in [0.25, 0.3) is 0 Å². The lowest BCUT2D eigenvalue weighted by atomic mass is 10.2. The highest BCUT2D eigenvalue weighted by Crippen LogP contribution is 2.30. The van der Waals surface area contributed by atoms with E-state index in [1.165, 1.54) is 17.0 Å². The zero-order valence-corrected chi connectivity index (χ0v) is 9.92. The Hall–Kier alpha value is -2.26. The molecule has 0 amide bonds. The maximum Gasteiger partial charge on any atom is 0.323 e. The first-order valence-corrected chi connectivity index (χ1v) is 5.17. The Morgan fingerprint density at radius 3 is 2.78 bits per heavy atom. The first-order valence-electron chi connectivity index (χ1n) is 4.80. The first-order chi connectivity index (χ1) is 8.45. The molecule has 0 aromatic heterocycles. The van der Waals surface area contributed by atoms with Crippen LogP contribution in [0.15, 0.2) is 18.2 Å². The van der Waals surface area contributed by atoms with Crippen molar-refractivity contribution in [1.29, 1.82) is 0 Å². The normalized spacial score (nSPS) is 9.56. The summed E-state index contributed by atoms with van der Waals surface area (Å²) >= 11 is 5.67. The Bertz CT molecular complexity index is 524. The van der Waals surface area contributed by atoms with Gasteiger partial charge in [0, 0.05) is 11.1 Å². The molecule has 0 atom stereocenters. The van der Waals surface area contributed by atoms with E-state index in [1.54, 1.807) is 0 Å². The number of halogens is 1. The third-order valence-electron chi connectivity index (χ3n) is 2.08. The second kappa shape index (κ2) is 5.89. The van der Waals surface area contributed by atoms with Crippen LogP contribution in [0.3, 0.4) is 0 Å². The molecule has 0 unspecified atom stereocenters. The maximum absolute atomic E-state index is 10.9. The van der Waals surface area contributed by atoms with Crippen molar-refractivity contribution in [3.8, 4) is 12.3 Å². The fourth-order valence-electron chi connectivity index (χ4n) is 1.41. The summed E-state index contributed by atoms with van der Waals surface area (Å²) in [6.07, 6.45) is 5.12. The zero-order chi connectivity index (χ0) is 13.7. The molecule has 0 saturated heterocycles. The van der Waals surface area contributed by atoms with Crippen molar-refractivity contribution in [2.45, 2.75) is 0 Å². The number of nitro groups is 1. The van der Waals surface area contributed by atoms with Gasteiger partial charge in [0.05, 0.1) is 11.5 Å². The number of nitrogens with zero attached hydrogens (tertiary/aromatic N) is 2. The minimum Gasteiger partial charge on any atom is -0.480 e. The minimum absolute atomic E-state index is 0.0469. The number of aliphatic carboxylic acids is 1. The highest BCUT2D eigenvalue weighted by molar-refractivity contribution is 6.30. The summed E-state index contributed by atoms with van der Waals surface area (Å²) in [7, 11) is 0. The van der Waals surface area contributed by atoms with E-state index in [0.717, 1.165) is 6.07 Å².